The Morgan fingerprint density at radius 3 is 2.74 bits per heavy atom. The van der Waals surface area contributed by atoms with E-state index in [1.807, 2.05) is 33.8 Å². The van der Waals surface area contributed by atoms with Crippen LogP contribution in [0.15, 0.2) is 41.8 Å². The van der Waals surface area contributed by atoms with Crippen molar-refractivity contribution in [3.05, 3.63) is 64.0 Å². The molecule has 3 aliphatic rings. The smallest absolute Gasteiger partial charge is 0.410 e. The Kier molecular flexibility index (Phi) is 7.87. The zero-order valence-electron chi connectivity index (χ0n) is 25.8. The normalized spacial score (nSPS) is 21.1. The lowest BCUT2D eigenvalue weighted by Gasteiger charge is -2.31. The summed E-state index contributed by atoms with van der Waals surface area (Å²) in [5.74, 6) is 1.17. The molecule has 2 aromatic carbocycles. The van der Waals surface area contributed by atoms with Crippen LogP contribution in [-0.4, -0.2) is 53.8 Å². The topological polar surface area (TPSA) is 81.2 Å². The van der Waals surface area contributed by atoms with Crippen LogP contribution >= 0.6 is 11.3 Å². The van der Waals surface area contributed by atoms with Gasteiger partial charge in [0.2, 0.25) is 0 Å². The first-order chi connectivity index (χ1) is 20.6. The summed E-state index contributed by atoms with van der Waals surface area (Å²) in [6, 6.07) is 12.6. The molecule has 8 nitrogen and oxygen atoms in total. The SMILES string of the molecule is CCOC(=O)[C@@]12CCN(c3nc(-c4cccc(C)c4OCc4ccc5c(c4)CCN(C(=O)OC(C)(C)C)C5)cs3)CC1C2. The number of carbonyl (C=O) groups is 2. The number of hydrogen-bond donors (Lipinski definition) is 0. The Labute approximate surface area is 258 Å². The fourth-order valence-electron chi connectivity index (χ4n) is 6.33. The number of aryl methyl sites for hydroxylation is 1. The molecule has 1 amide bonds. The van der Waals surface area contributed by atoms with E-state index in [-0.39, 0.29) is 17.5 Å². The zero-order valence-corrected chi connectivity index (χ0v) is 26.6. The molecule has 1 saturated heterocycles. The first kappa shape index (κ1) is 29.5. The average Bonchev–Trinajstić information content (AvgIpc) is 3.52. The fraction of sp³-hybridized carbons (Fsp3) is 0.500. The van der Waals surface area contributed by atoms with E-state index in [1.165, 1.54) is 5.56 Å². The van der Waals surface area contributed by atoms with Gasteiger partial charge < -0.3 is 24.0 Å². The number of benzene rings is 2. The Balaban J connectivity index is 1.11. The van der Waals surface area contributed by atoms with Gasteiger partial charge >= 0.3 is 12.1 Å². The largest absolute Gasteiger partial charge is 0.488 e. The molecule has 9 heteroatoms. The van der Waals surface area contributed by atoms with E-state index in [0.29, 0.717) is 32.2 Å². The summed E-state index contributed by atoms with van der Waals surface area (Å²) in [6.45, 7) is 13.4. The van der Waals surface area contributed by atoms with Gasteiger partial charge in [0.15, 0.2) is 5.13 Å². The van der Waals surface area contributed by atoms with Crippen LogP contribution in [0.3, 0.4) is 0 Å². The molecule has 1 aromatic heterocycles. The maximum atomic E-state index is 12.6. The molecule has 6 rings (SSSR count). The summed E-state index contributed by atoms with van der Waals surface area (Å²) in [4.78, 5) is 34.2. The Bertz CT molecular complexity index is 1530. The minimum Gasteiger partial charge on any atom is -0.488 e. The second-order valence-electron chi connectivity index (χ2n) is 13.0. The highest BCUT2D eigenvalue weighted by atomic mass is 32.1. The van der Waals surface area contributed by atoms with Gasteiger partial charge in [-0.1, -0.05) is 30.3 Å². The lowest BCUT2D eigenvalue weighted by molar-refractivity contribution is -0.150. The number of amides is 1. The van der Waals surface area contributed by atoms with Crippen LogP contribution in [0.1, 0.15) is 62.8 Å². The number of carbonyl (C=O) groups excluding carboxylic acids is 2. The van der Waals surface area contributed by atoms with E-state index in [4.69, 9.17) is 19.2 Å². The van der Waals surface area contributed by atoms with Crippen LogP contribution in [0.2, 0.25) is 0 Å². The number of piperidine rings is 1. The van der Waals surface area contributed by atoms with Crippen LogP contribution in [-0.2, 0) is 33.8 Å². The van der Waals surface area contributed by atoms with Crippen molar-refractivity contribution < 1.29 is 23.8 Å². The number of para-hydroxylation sites is 1. The van der Waals surface area contributed by atoms with Crippen LogP contribution in [0.4, 0.5) is 9.93 Å². The Morgan fingerprint density at radius 2 is 1.98 bits per heavy atom. The summed E-state index contributed by atoms with van der Waals surface area (Å²) >= 11 is 1.64. The molecule has 0 radical (unpaired) electrons. The maximum absolute atomic E-state index is 12.6. The highest BCUT2D eigenvalue weighted by molar-refractivity contribution is 7.14. The van der Waals surface area contributed by atoms with Gasteiger partial charge in [-0.3, -0.25) is 4.79 Å². The van der Waals surface area contributed by atoms with E-state index < -0.39 is 5.60 Å². The number of ether oxygens (including phenoxy) is 3. The van der Waals surface area contributed by atoms with Gasteiger partial charge in [-0.05, 0) is 88.1 Å². The van der Waals surface area contributed by atoms with Crippen molar-refractivity contribution in [2.45, 2.75) is 72.6 Å². The molecule has 2 atom stereocenters. The van der Waals surface area contributed by atoms with E-state index in [9.17, 15) is 9.59 Å². The van der Waals surface area contributed by atoms with Crippen molar-refractivity contribution in [1.82, 2.24) is 9.88 Å². The molecule has 1 aliphatic carbocycles. The third-order valence-electron chi connectivity index (χ3n) is 8.75. The number of anilines is 1. The number of hydrogen-bond acceptors (Lipinski definition) is 8. The summed E-state index contributed by atoms with van der Waals surface area (Å²) in [5.41, 5.74) is 5.68. The van der Waals surface area contributed by atoms with Gasteiger partial charge in [-0.2, -0.15) is 0 Å². The molecular weight excluding hydrogens is 562 g/mol. The standard InChI is InChI=1S/C34H41N3O5S/c1-6-40-30(38)34-13-15-36(19-26(34)17-34)31-35-28(21-43-31)27-9-7-8-22(2)29(27)41-20-23-10-11-25-18-37(14-12-24(25)16-23)32(39)42-33(3,4)5/h7-11,16,21,26H,6,12-15,17-20H2,1-5H3/t26?,34-/m1/s1. The molecule has 2 fully saturated rings. The molecule has 0 bridgehead atoms. The maximum Gasteiger partial charge on any atom is 0.410 e. The summed E-state index contributed by atoms with van der Waals surface area (Å²) < 4.78 is 17.4. The number of fused-ring (bicyclic) bond motifs is 2. The molecule has 3 heterocycles. The van der Waals surface area contributed by atoms with Gasteiger partial charge in [0, 0.05) is 37.1 Å². The predicted octanol–water partition coefficient (Wildman–Crippen LogP) is 6.77. The van der Waals surface area contributed by atoms with Crippen LogP contribution in [0, 0.1) is 18.3 Å². The van der Waals surface area contributed by atoms with Crippen molar-refractivity contribution in [3.8, 4) is 17.0 Å². The lowest BCUT2D eigenvalue weighted by atomic mass is 9.95. The summed E-state index contributed by atoms with van der Waals surface area (Å²) in [6.07, 6.45) is 2.27. The first-order valence-electron chi connectivity index (χ1n) is 15.3. The quantitative estimate of drug-likeness (QED) is 0.276. The van der Waals surface area contributed by atoms with Gasteiger partial charge in [-0.25, -0.2) is 9.78 Å². The van der Waals surface area contributed by atoms with E-state index >= 15 is 0 Å². The van der Waals surface area contributed by atoms with Crippen LogP contribution in [0.5, 0.6) is 5.75 Å². The molecule has 2 aliphatic heterocycles. The van der Waals surface area contributed by atoms with E-state index in [1.54, 1.807) is 16.2 Å². The molecule has 0 spiro atoms. The molecule has 1 saturated carbocycles. The van der Waals surface area contributed by atoms with Crippen molar-refractivity contribution in [1.29, 1.82) is 0 Å². The molecule has 228 valence electrons. The van der Waals surface area contributed by atoms with E-state index in [2.05, 4.69) is 47.5 Å². The predicted molar refractivity (Wildman–Crippen MR) is 167 cm³/mol. The zero-order chi connectivity index (χ0) is 30.4. The van der Waals surface area contributed by atoms with Crippen molar-refractivity contribution in [2.75, 3.05) is 31.1 Å². The van der Waals surface area contributed by atoms with Crippen molar-refractivity contribution in [3.63, 3.8) is 0 Å². The second-order valence-corrected chi connectivity index (χ2v) is 13.8. The second kappa shape index (κ2) is 11.5. The number of thiazole rings is 1. The molecule has 0 N–H and O–H groups in total. The Hall–Kier alpha value is -3.59. The first-order valence-corrected chi connectivity index (χ1v) is 16.1. The number of esters is 1. The Morgan fingerprint density at radius 1 is 1.14 bits per heavy atom. The van der Waals surface area contributed by atoms with Gasteiger partial charge in [-0.15, -0.1) is 11.3 Å². The van der Waals surface area contributed by atoms with Gasteiger partial charge in [0.1, 0.15) is 18.0 Å². The minimum atomic E-state index is -0.504. The van der Waals surface area contributed by atoms with Gasteiger partial charge in [0.25, 0.3) is 0 Å². The fourth-order valence-corrected chi connectivity index (χ4v) is 7.19. The highest BCUT2D eigenvalue weighted by Crippen LogP contribution is 2.59. The highest BCUT2D eigenvalue weighted by Gasteiger charge is 2.63. The molecule has 1 unspecified atom stereocenters. The lowest BCUT2D eigenvalue weighted by Crippen LogP contribution is -2.39. The minimum absolute atomic E-state index is 0.0253. The third-order valence-corrected chi connectivity index (χ3v) is 9.65. The molecular formula is C34H41N3O5S. The molecule has 3 aromatic rings. The summed E-state index contributed by atoms with van der Waals surface area (Å²) in [5, 5.41) is 3.09. The third kappa shape index (κ3) is 6.09. The van der Waals surface area contributed by atoms with Crippen molar-refractivity contribution >= 4 is 28.5 Å². The molecule has 43 heavy (non-hydrogen) atoms. The number of aromatic nitrogens is 1. The number of nitrogens with zero attached hydrogens (tertiary/aromatic N) is 3. The van der Waals surface area contributed by atoms with Crippen LogP contribution < -0.4 is 9.64 Å². The summed E-state index contributed by atoms with van der Waals surface area (Å²) in [7, 11) is 0. The van der Waals surface area contributed by atoms with Crippen LogP contribution in [0.25, 0.3) is 11.3 Å². The monoisotopic (exact) mass is 603 g/mol. The van der Waals surface area contributed by atoms with E-state index in [0.717, 1.165) is 71.2 Å². The van der Waals surface area contributed by atoms with Crippen molar-refractivity contribution in [2.24, 2.45) is 11.3 Å². The number of rotatable bonds is 7. The average molecular weight is 604 g/mol. The van der Waals surface area contributed by atoms with Gasteiger partial charge in [0.05, 0.1) is 17.7 Å².